The third-order valence-electron chi connectivity index (χ3n) is 3.20. The quantitative estimate of drug-likeness (QED) is 0.698. The molecular weight excluding hydrogens is 292 g/mol. The molecule has 0 atom stereocenters. The number of carbonyl (C=O) groups is 1. The summed E-state index contributed by atoms with van der Waals surface area (Å²) in [4.78, 5) is 11.9. The number of carbonyl (C=O) groups excluding carboxylic acids is 1. The second-order valence-corrected chi connectivity index (χ2v) is 4.98. The van der Waals surface area contributed by atoms with Gasteiger partial charge in [-0.1, -0.05) is 36.4 Å². The average Bonchev–Trinajstić information content (AvgIpc) is 2.59. The predicted octanol–water partition coefficient (Wildman–Crippen LogP) is 2.44. The Bertz CT molecular complexity index is 602. The van der Waals surface area contributed by atoms with Crippen LogP contribution in [-0.4, -0.2) is 32.7 Å². The van der Waals surface area contributed by atoms with E-state index in [0.717, 1.165) is 17.0 Å². The van der Waals surface area contributed by atoms with Crippen LogP contribution < -0.4 is 15.4 Å². The third-order valence-corrected chi connectivity index (χ3v) is 3.20. The predicted molar refractivity (Wildman–Crippen MR) is 90.6 cm³/mol. The van der Waals surface area contributed by atoms with Gasteiger partial charge in [-0.25, -0.2) is 0 Å². The van der Waals surface area contributed by atoms with E-state index >= 15 is 0 Å². The number of nitrogens with one attached hydrogen (secondary N) is 2. The highest BCUT2D eigenvalue weighted by Gasteiger charge is 2.07. The first-order valence-electron chi connectivity index (χ1n) is 7.55. The van der Waals surface area contributed by atoms with E-state index in [2.05, 4.69) is 10.6 Å². The molecule has 0 radical (unpaired) electrons. The fraction of sp³-hybridized carbons (Fsp3) is 0.278. The minimum absolute atomic E-state index is 0.0896. The highest BCUT2D eigenvalue weighted by atomic mass is 16.5. The first kappa shape index (κ1) is 17.0. The van der Waals surface area contributed by atoms with Crippen LogP contribution in [0.25, 0.3) is 0 Å². The zero-order valence-corrected chi connectivity index (χ0v) is 13.2. The Morgan fingerprint density at radius 1 is 1.04 bits per heavy atom. The Kier molecular flexibility index (Phi) is 7.10. The second-order valence-electron chi connectivity index (χ2n) is 4.98. The number of hydrogen-bond donors (Lipinski definition) is 2. The maximum atomic E-state index is 11.9. The molecule has 5 heteroatoms. The molecule has 2 aromatic rings. The van der Waals surface area contributed by atoms with Gasteiger partial charge in [-0.2, -0.15) is 0 Å². The summed E-state index contributed by atoms with van der Waals surface area (Å²) in [6.45, 7) is 1.87. The molecule has 0 unspecified atom stereocenters. The van der Waals surface area contributed by atoms with E-state index < -0.39 is 0 Å². The molecule has 122 valence electrons. The third kappa shape index (κ3) is 6.10. The molecular formula is C18H22N2O3. The van der Waals surface area contributed by atoms with Crippen molar-refractivity contribution in [1.82, 2.24) is 5.32 Å². The minimum Gasteiger partial charge on any atom is -0.489 e. The monoisotopic (exact) mass is 314 g/mol. The van der Waals surface area contributed by atoms with Gasteiger partial charge >= 0.3 is 0 Å². The first-order chi connectivity index (χ1) is 11.3. The number of para-hydroxylation sites is 2. The molecule has 0 heterocycles. The number of amides is 1. The molecule has 2 aromatic carbocycles. The van der Waals surface area contributed by atoms with Crippen LogP contribution in [0.5, 0.6) is 5.75 Å². The molecule has 0 spiro atoms. The molecule has 0 aliphatic carbocycles. The fourth-order valence-corrected chi connectivity index (χ4v) is 2.02. The number of rotatable bonds is 9. The van der Waals surface area contributed by atoms with Gasteiger partial charge in [0, 0.05) is 24.9 Å². The lowest BCUT2D eigenvalue weighted by Gasteiger charge is -2.12. The maximum absolute atomic E-state index is 11.9. The lowest BCUT2D eigenvalue weighted by molar-refractivity contribution is -0.115. The fourth-order valence-electron chi connectivity index (χ4n) is 2.02. The molecule has 2 N–H and O–H groups in total. The summed E-state index contributed by atoms with van der Waals surface area (Å²) in [5, 5.41) is 5.92. The average molecular weight is 314 g/mol. The van der Waals surface area contributed by atoms with Crippen LogP contribution in [-0.2, 0) is 16.1 Å². The highest BCUT2D eigenvalue weighted by molar-refractivity contribution is 5.92. The van der Waals surface area contributed by atoms with Crippen molar-refractivity contribution in [1.29, 1.82) is 0 Å². The number of hydrogen-bond acceptors (Lipinski definition) is 4. The number of ether oxygens (including phenoxy) is 2. The van der Waals surface area contributed by atoms with E-state index in [1.54, 1.807) is 7.11 Å². The topological polar surface area (TPSA) is 59.6 Å². The van der Waals surface area contributed by atoms with Crippen LogP contribution >= 0.6 is 0 Å². The molecule has 2 rings (SSSR count). The van der Waals surface area contributed by atoms with Crippen molar-refractivity contribution in [2.24, 2.45) is 0 Å². The van der Waals surface area contributed by atoms with Gasteiger partial charge in [0.05, 0.1) is 13.2 Å². The normalized spacial score (nSPS) is 10.3. The van der Waals surface area contributed by atoms with E-state index in [4.69, 9.17) is 9.47 Å². The number of methoxy groups -OCH3 is 1. The summed E-state index contributed by atoms with van der Waals surface area (Å²) >= 11 is 0. The zero-order valence-electron chi connectivity index (χ0n) is 13.2. The molecule has 5 nitrogen and oxygen atoms in total. The van der Waals surface area contributed by atoms with Crippen molar-refractivity contribution >= 4 is 11.6 Å². The van der Waals surface area contributed by atoms with Crippen LogP contribution in [0.3, 0.4) is 0 Å². The van der Waals surface area contributed by atoms with E-state index in [-0.39, 0.29) is 12.5 Å². The Hall–Kier alpha value is -2.37. The van der Waals surface area contributed by atoms with Crippen LogP contribution in [0.1, 0.15) is 5.56 Å². The van der Waals surface area contributed by atoms with Crippen molar-refractivity contribution in [3.63, 3.8) is 0 Å². The highest BCUT2D eigenvalue weighted by Crippen LogP contribution is 2.18. The van der Waals surface area contributed by atoms with Gasteiger partial charge in [0.2, 0.25) is 5.91 Å². The second kappa shape index (κ2) is 9.61. The first-order valence-corrected chi connectivity index (χ1v) is 7.55. The van der Waals surface area contributed by atoms with Crippen LogP contribution in [0, 0.1) is 0 Å². The number of anilines is 1. The van der Waals surface area contributed by atoms with Gasteiger partial charge in [0.1, 0.15) is 12.4 Å². The lowest BCUT2D eigenvalue weighted by Crippen LogP contribution is -2.30. The standard InChI is InChI=1S/C18H22N2O3/c1-22-12-11-19-13-18(21)20-17-10-6-5-7-15(17)14-23-16-8-3-2-4-9-16/h2-10,19H,11-14H2,1H3,(H,20,21). The van der Waals surface area contributed by atoms with E-state index in [9.17, 15) is 4.79 Å². The summed E-state index contributed by atoms with van der Waals surface area (Å²) in [6.07, 6.45) is 0. The van der Waals surface area contributed by atoms with Crippen molar-refractivity contribution in [2.45, 2.75) is 6.61 Å². The van der Waals surface area contributed by atoms with Gasteiger partial charge in [0.25, 0.3) is 0 Å². The largest absolute Gasteiger partial charge is 0.489 e. The van der Waals surface area contributed by atoms with Gasteiger partial charge in [-0.3, -0.25) is 4.79 Å². The summed E-state index contributed by atoms with van der Waals surface area (Å²) in [5.41, 5.74) is 1.70. The molecule has 0 aliphatic heterocycles. The van der Waals surface area contributed by atoms with E-state index in [1.807, 2.05) is 54.6 Å². The Labute approximate surface area is 136 Å². The van der Waals surface area contributed by atoms with E-state index in [0.29, 0.717) is 19.8 Å². The molecule has 0 aromatic heterocycles. The van der Waals surface area contributed by atoms with Crippen LogP contribution in [0.2, 0.25) is 0 Å². The summed E-state index contributed by atoms with van der Waals surface area (Å²) < 4.78 is 10.7. The summed E-state index contributed by atoms with van der Waals surface area (Å²) in [7, 11) is 1.63. The Morgan fingerprint density at radius 3 is 2.57 bits per heavy atom. The van der Waals surface area contributed by atoms with Gasteiger partial charge in [0.15, 0.2) is 0 Å². The minimum atomic E-state index is -0.0896. The molecule has 0 saturated carbocycles. The summed E-state index contributed by atoms with van der Waals surface area (Å²) in [6, 6.07) is 17.2. The molecule has 0 fully saturated rings. The maximum Gasteiger partial charge on any atom is 0.238 e. The Balaban J connectivity index is 1.88. The zero-order chi connectivity index (χ0) is 16.3. The van der Waals surface area contributed by atoms with Crippen molar-refractivity contribution in [2.75, 3.05) is 32.1 Å². The molecule has 1 amide bonds. The van der Waals surface area contributed by atoms with Crippen LogP contribution in [0.4, 0.5) is 5.69 Å². The molecule has 23 heavy (non-hydrogen) atoms. The number of benzene rings is 2. The van der Waals surface area contributed by atoms with Crippen molar-refractivity contribution in [3.8, 4) is 5.75 Å². The summed E-state index contributed by atoms with van der Waals surface area (Å²) in [5.74, 6) is 0.711. The lowest BCUT2D eigenvalue weighted by atomic mass is 10.2. The smallest absolute Gasteiger partial charge is 0.238 e. The van der Waals surface area contributed by atoms with Gasteiger partial charge < -0.3 is 20.1 Å². The van der Waals surface area contributed by atoms with E-state index in [1.165, 1.54) is 0 Å². The molecule has 0 bridgehead atoms. The van der Waals surface area contributed by atoms with Crippen molar-refractivity contribution < 1.29 is 14.3 Å². The van der Waals surface area contributed by atoms with Crippen LogP contribution in [0.15, 0.2) is 54.6 Å². The van der Waals surface area contributed by atoms with Crippen molar-refractivity contribution in [3.05, 3.63) is 60.2 Å². The molecule has 0 saturated heterocycles. The Morgan fingerprint density at radius 2 is 1.78 bits per heavy atom. The molecule has 0 aliphatic rings. The van der Waals surface area contributed by atoms with Gasteiger partial charge in [-0.15, -0.1) is 0 Å². The SMILES string of the molecule is COCCNCC(=O)Nc1ccccc1COc1ccccc1. The van der Waals surface area contributed by atoms with Gasteiger partial charge in [-0.05, 0) is 18.2 Å².